The molecule has 7 heteroatoms. The van der Waals surface area contributed by atoms with Crippen molar-refractivity contribution < 1.29 is 9.53 Å². The van der Waals surface area contributed by atoms with Crippen LogP contribution in [0.25, 0.3) is 0 Å². The molecule has 0 aliphatic carbocycles. The number of carbonyl (C=O) groups is 1. The summed E-state index contributed by atoms with van der Waals surface area (Å²) in [6, 6.07) is 9.45. The summed E-state index contributed by atoms with van der Waals surface area (Å²) in [5.41, 5.74) is 9.72. The van der Waals surface area contributed by atoms with Crippen molar-refractivity contribution in [2.24, 2.45) is 10.7 Å². The lowest BCUT2D eigenvalue weighted by atomic mass is 9.82. The predicted octanol–water partition coefficient (Wildman–Crippen LogP) is 2.82. The summed E-state index contributed by atoms with van der Waals surface area (Å²) in [6.45, 7) is 4.49. The van der Waals surface area contributed by atoms with Gasteiger partial charge in [0.1, 0.15) is 11.2 Å². The SMILES string of the molecule is Cc1ccc(C(=O)Nc2ccc3c(c2)C2(CSC(N)=N2)C(C)OC3)nc1. The topological polar surface area (TPSA) is 89.6 Å². The number of hydrogen-bond acceptors (Lipinski definition) is 6. The molecule has 1 amide bonds. The number of amides is 1. The van der Waals surface area contributed by atoms with Gasteiger partial charge in [-0.25, -0.2) is 4.99 Å². The molecule has 1 aromatic heterocycles. The molecular formula is C19H20N4O2S. The third kappa shape index (κ3) is 2.87. The highest BCUT2D eigenvalue weighted by atomic mass is 32.2. The Hall–Kier alpha value is -2.38. The van der Waals surface area contributed by atoms with Crippen molar-refractivity contribution in [2.75, 3.05) is 11.1 Å². The molecule has 4 rings (SSSR count). The van der Waals surface area contributed by atoms with Gasteiger partial charge in [0.15, 0.2) is 5.17 Å². The molecule has 1 spiro atoms. The van der Waals surface area contributed by atoms with Crippen molar-refractivity contribution in [1.29, 1.82) is 0 Å². The number of rotatable bonds is 2. The summed E-state index contributed by atoms with van der Waals surface area (Å²) in [4.78, 5) is 21.4. The van der Waals surface area contributed by atoms with E-state index in [0.717, 1.165) is 28.1 Å². The van der Waals surface area contributed by atoms with E-state index in [4.69, 9.17) is 15.5 Å². The fraction of sp³-hybridized carbons (Fsp3) is 0.316. The summed E-state index contributed by atoms with van der Waals surface area (Å²) in [6.07, 6.45) is 1.61. The minimum atomic E-state index is -0.495. The Bertz CT molecular complexity index is 897. The molecule has 2 aliphatic rings. The summed E-state index contributed by atoms with van der Waals surface area (Å²) in [5.74, 6) is 0.507. The van der Waals surface area contributed by atoms with Gasteiger partial charge in [0.25, 0.3) is 5.91 Å². The van der Waals surface area contributed by atoms with E-state index in [1.807, 2.05) is 38.1 Å². The number of pyridine rings is 1. The van der Waals surface area contributed by atoms with Gasteiger partial charge in [0, 0.05) is 17.6 Å². The van der Waals surface area contributed by atoms with Crippen LogP contribution in [0.1, 0.15) is 34.1 Å². The number of thioether (sulfide) groups is 1. The molecule has 3 N–H and O–H groups in total. The molecule has 2 unspecified atom stereocenters. The number of anilines is 1. The summed E-state index contributed by atoms with van der Waals surface area (Å²) in [7, 11) is 0. The summed E-state index contributed by atoms with van der Waals surface area (Å²) < 4.78 is 5.92. The molecule has 0 fully saturated rings. The molecule has 2 aromatic rings. The largest absolute Gasteiger partial charge is 0.379 e. The number of amidine groups is 1. The molecule has 0 radical (unpaired) electrons. The minimum Gasteiger partial charge on any atom is -0.379 e. The average Bonchev–Trinajstić information content (AvgIpc) is 3.02. The molecule has 3 heterocycles. The number of nitrogens with zero attached hydrogens (tertiary/aromatic N) is 2. The highest BCUT2D eigenvalue weighted by molar-refractivity contribution is 8.14. The standard InChI is InChI=1S/C19H20N4O2S/c1-11-3-6-16(21-8-11)17(24)22-14-5-4-13-9-25-12(2)19(15(13)7-14)10-26-18(20)23-19/h3-8,12H,9-10H2,1-2H3,(H2,20,23)(H,22,24). The lowest BCUT2D eigenvalue weighted by Crippen LogP contribution is -2.42. The fourth-order valence-corrected chi connectivity index (χ4v) is 4.39. The van der Waals surface area contributed by atoms with Gasteiger partial charge in [-0.1, -0.05) is 23.9 Å². The maximum Gasteiger partial charge on any atom is 0.274 e. The molecule has 134 valence electrons. The average molecular weight is 368 g/mol. The van der Waals surface area contributed by atoms with Crippen molar-refractivity contribution in [3.63, 3.8) is 0 Å². The van der Waals surface area contributed by atoms with E-state index in [9.17, 15) is 4.79 Å². The minimum absolute atomic E-state index is 0.0757. The summed E-state index contributed by atoms with van der Waals surface area (Å²) in [5, 5.41) is 3.51. The Labute approximate surface area is 156 Å². The van der Waals surface area contributed by atoms with Crippen molar-refractivity contribution in [3.05, 3.63) is 58.9 Å². The normalized spacial score (nSPS) is 24.2. The number of benzene rings is 1. The second-order valence-corrected chi connectivity index (χ2v) is 7.66. The first kappa shape index (κ1) is 17.1. The van der Waals surface area contributed by atoms with Crippen molar-refractivity contribution in [1.82, 2.24) is 4.98 Å². The highest BCUT2D eigenvalue weighted by Gasteiger charge is 2.46. The third-order valence-corrected chi connectivity index (χ3v) is 5.86. The van der Waals surface area contributed by atoms with Gasteiger partial charge in [0.05, 0.1) is 12.7 Å². The highest BCUT2D eigenvalue weighted by Crippen LogP contribution is 2.45. The van der Waals surface area contributed by atoms with E-state index < -0.39 is 5.54 Å². The maximum absolute atomic E-state index is 12.5. The molecule has 1 aromatic carbocycles. The second kappa shape index (κ2) is 6.41. The van der Waals surface area contributed by atoms with Crippen LogP contribution < -0.4 is 11.1 Å². The third-order valence-electron chi connectivity index (χ3n) is 4.89. The van der Waals surface area contributed by atoms with Crippen molar-refractivity contribution in [3.8, 4) is 0 Å². The number of nitrogens with two attached hydrogens (primary N) is 1. The van der Waals surface area contributed by atoms with E-state index in [1.165, 1.54) is 11.8 Å². The molecule has 0 saturated carbocycles. The van der Waals surface area contributed by atoms with E-state index in [2.05, 4.69) is 10.3 Å². The van der Waals surface area contributed by atoms with Gasteiger partial charge >= 0.3 is 0 Å². The molecule has 26 heavy (non-hydrogen) atoms. The van der Waals surface area contributed by atoms with Gasteiger partial charge in [-0.3, -0.25) is 9.78 Å². The van der Waals surface area contributed by atoms with E-state index >= 15 is 0 Å². The van der Waals surface area contributed by atoms with Crippen LogP contribution in [-0.2, 0) is 16.9 Å². The maximum atomic E-state index is 12.5. The number of aryl methyl sites for hydroxylation is 1. The van der Waals surface area contributed by atoms with Gasteiger partial charge in [-0.15, -0.1) is 0 Å². The number of aliphatic imine (C=N–C) groups is 1. The molecule has 0 saturated heterocycles. The zero-order chi connectivity index (χ0) is 18.3. The first-order valence-corrected chi connectivity index (χ1v) is 9.44. The van der Waals surface area contributed by atoms with Crippen LogP contribution in [0.4, 0.5) is 5.69 Å². The Morgan fingerprint density at radius 2 is 2.23 bits per heavy atom. The number of fused-ring (bicyclic) bond motifs is 2. The van der Waals surface area contributed by atoms with E-state index in [0.29, 0.717) is 17.5 Å². The molecule has 2 atom stereocenters. The molecular weight excluding hydrogens is 348 g/mol. The van der Waals surface area contributed by atoms with Gasteiger partial charge < -0.3 is 15.8 Å². The lowest BCUT2D eigenvalue weighted by molar-refractivity contribution is -0.00896. The zero-order valence-corrected chi connectivity index (χ0v) is 15.5. The van der Waals surface area contributed by atoms with Crippen LogP contribution in [0.3, 0.4) is 0 Å². The quantitative estimate of drug-likeness (QED) is 0.851. The van der Waals surface area contributed by atoms with Crippen LogP contribution in [0, 0.1) is 6.92 Å². The van der Waals surface area contributed by atoms with Crippen LogP contribution in [-0.4, -0.2) is 27.9 Å². The molecule has 6 nitrogen and oxygen atoms in total. The number of ether oxygens (including phenoxy) is 1. The first-order chi connectivity index (χ1) is 12.5. The lowest BCUT2D eigenvalue weighted by Gasteiger charge is -2.38. The van der Waals surface area contributed by atoms with Gasteiger partial charge in [-0.2, -0.15) is 0 Å². The Balaban J connectivity index is 1.66. The number of aromatic nitrogens is 1. The van der Waals surface area contributed by atoms with Crippen LogP contribution in [0.15, 0.2) is 41.5 Å². The molecule has 2 aliphatic heterocycles. The monoisotopic (exact) mass is 368 g/mol. The Kier molecular flexibility index (Phi) is 4.20. The Morgan fingerprint density at radius 1 is 1.38 bits per heavy atom. The van der Waals surface area contributed by atoms with Crippen LogP contribution in [0.2, 0.25) is 0 Å². The number of nitrogens with one attached hydrogen (secondary N) is 1. The molecule has 0 bridgehead atoms. The number of carbonyl (C=O) groups excluding carboxylic acids is 1. The fourth-order valence-electron chi connectivity index (χ4n) is 3.34. The van der Waals surface area contributed by atoms with E-state index in [-0.39, 0.29) is 12.0 Å². The Morgan fingerprint density at radius 3 is 2.92 bits per heavy atom. The predicted molar refractivity (Wildman–Crippen MR) is 103 cm³/mol. The zero-order valence-electron chi connectivity index (χ0n) is 14.7. The second-order valence-electron chi connectivity index (χ2n) is 6.66. The first-order valence-electron chi connectivity index (χ1n) is 8.45. The van der Waals surface area contributed by atoms with Crippen LogP contribution in [0.5, 0.6) is 0 Å². The number of hydrogen-bond donors (Lipinski definition) is 2. The smallest absolute Gasteiger partial charge is 0.274 e. The van der Waals surface area contributed by atoms with E-state index in [1.54, 1.807) is 12.3 Å². The van der Waals surface area contributed by atoms with Crippen LogP contribution >= 0.6 is 11.8 Å². The van der Waals surface area contributed by atoms with Crippen molar-refractivity contribution >= 4 is 28.5 Å². The summed E-state index contributed by atoms with van der Waals surface area (Å²) >= 11 is 1.54. The van der Waals surface area contributed by atoms with Gasteiger partial charge in [0.2, 0.25) is 0 Å². The van der Waals surface area contributed by atoms with Gasteiger partial charge in [-0.05, 0) is 48.7 Å². The van der Waals surface area contributed by atoms with Crippen molar-refractivity contribution in [2.45, 2.75) is 32.1 Å².